The van der Waals surface area contributed by atoms with Gasteiger partial charge in [0.1, 0.15) is 12.4 Å². The number of unbranched alkanes of at least 4 members (excludes halogenated alkanes) is 4. The molecule has 0 aliphatic rings. The fourth-order valence-corrected chi connectivity index (χ4v) is 1.94. The van der Waals surface area contributed by atoms with Crippen LogP contribution in [0.25, 0.3) is 0 Å². The highest BCUT2D eigenvalue weighted by molar-refractivity contribution is 5.39. The summed E-state index contributed by atoms with van der Waals surface area (Å²) in [6.45, 7) is 4.63. The fourth-order valence-electron chi connectivity index (χ4n) is 1.94. The Labute approximate surface area is 128 Å². The Morgan fingerprint density at radius 1 is 1.05 bits per heavy atom. The third-order valence-corrected chi connectivity index (χ3v) is 3.06. The topological polar surface area (TPSA) is 44.5 Å². The van der Waals surface area contributed by atoms with E-state index in [1.807, 2.05) is 24.3 Å². The average molecular weight is 289 g/mol. The Hall–Kier alpha value is -1.50. The van der Waals surface area contributed by atoms with Gasteiger partial charge in [-0.25, -0.2) is 0 Å². The standard InChI is InChI=1S/C18H27NO2/c1-2-3-4-5-6-13-20-14-15-21-18-11-7-9-17(16-18)10-8-12-19/h7,9,11,16H,2-6,12-15,19H2,1H3. The molecule has 0 bridgehead atoms. The fraction of sp³-hybridized carbons (Fsp3) is 0.556. The lowest BCUT2D eigenvalue weighted by Crippen LogP contribution is -2.07. The summed E-state index contributed by atoms with van der Waals surface area (Å²) < 4.78 is 11.2. The third kappa shape index (κ3) is 9.12. The highest BCUT2D eigenvalue weighted by atomic mass is 16.5. The minimum Gasteiger partial charge on any atom is -0.491 e. The van der Waals surface area contributed by atoms with E-state index in [9.17, 15) is 0 Å². The molecule has 0 heterocycles. The quantitative estimate of drug-likeness (QED) is 0.530. The second-order valence-electron chi connectivity index (χ2n) is 4.91. The van der Waals surface area contributed by atoms with E-state index in [1.54, 1.807) is 0 Å². The van der Waals surface area contributed by atoms with Crippen molar-refractivity contribution in [1.82, 2.24) is 0 Å². The van der Waals surface area contributed by atoms with Crippen molar-refractivity contribution in [2.75, 3.05) is 26.4 Å². The van der Waals surface area contributed by atoms with Gasteiger partial charge in [-0.2, -0.15) is 0 Å². The van der Waals surface area contributed by atoms with Crippen LogP contribution in [-0.2, 0) is 4.74 Å². The van der Waals surface area contributed by atoms with Gasteiger partial charge in [-0.05, 0) is 24.6 Å². The average Bonchev–Trinajstić information content (AvgIpc) is 2.52. The van der Waals surface area contributed by atoms with Crippen molar-refractivity contribution in [2.24, 2.45) is 5.73 Å². The van der Waals surface area contributed by atoms with E-state index >= 15 is 0 Å². The van der Waals surface area contributed by atoms with Crippen molar-refractivity contribution in [3.63, 3.8) is 0 Å². The van der Waals surface area contributed by atoms with Crippen molar-refractivity contribution in [2.45, 2.75) is 39.0 Å². The molecule has 0 saturated carbocycles. The van der Waals surface area contributed by atoms with Gasteiger partial charge in [0.05, 0.1) is 13.2 Å². The van der Waals surface area contributed by atoms with Gasteiger partial charge >= 0.3 is 0 Å². The number of hydrogen-bond acceptors (Lipinski definition) is 3. The van der Waals surface area contributed by atoms with Crippen LogP contribution in [0.1, 0.15) is 44.6 Å². The van der Waals surface area contributed by atoms with Crippen LogP contribution >= 0.6 is 0 Å². The predicted molar refractivity (Wildman–Crippen MR) is 87.4 cm³/mol. The second-order valence-corrected chi connectivity index (χ2v) is 4.91. The largest absolute Gasteiger partial charge is 0.491 e. The minimum atomic E-state index is 0.372. The van der Waals surface area contributed by atoms with Gasteiger partial charge in [0, 0.05) is 12.2 Å². The van der Waals surface area contributed by atoms with Gasteiger partial charge in [0.15, 0.2) is 0 Å². The maximum atomic E-state index is 5.65. The van der Waals surface area contributed by atoms with Gasteiger partial charge in [-0.15, -0.1) is 0 Å². The van der Waals surface area contributed by atoms with E-state index < -0.39 is 0 Å². The molecule has 1 rings (SSSR count). The van der Waals surface area contributed by atoms with E-state index in [0.29, 0.717) is 19.8 Å². The van der Waals surface area contributed by atoms with Gasteiger partial charge in [0.25, 0.3) is 0 Å². The predicted octanol–water partition coefficient (Wildman–Crippen LogP) is 3.36. The molecule has 0 atom stereocenters. The first-order valence-corrected chi connectivity index (χ1v) is 7.86. The first-order chi connectivity index (χ1) is 10.4. The number of benzene rings is 1. The van der Waals surface area contributed by atoms with Crippen molar-refractivity contribution < 1.29 is 9.47 Å². The molecule has 0 aliphatic heterocycles. The van der Waals surface area contributed by atoms with Crippen molar-refractivity contribution in [3.05, 3.63) is 29.8 Å². The number of rotatable bonds is 10. The summed E-state index contributed by atoms with van der Waals surface area (Å²) in [5, 5.41) is 0. The van der Waals surface area contributed by atoms with Crippen molar-refractivity contribution >= 4 is 0 Å². The third-order valence-electron chi connectivity index (χ3n) is 3.06. The van der Waals surface area contributed by atoms with Crippen LogP contribution < -0.4 is 10.5 Å². The monoisotopic (exact) mass is 289 g/mol. The zero-order valence-electron chi connectivity index (χ0n) is 13.1. The van der Waals surface area contributed by atoms with E-state index in [0.717, 1.165) is 24.3 Å². The van der Waals surface area contributed by atoms with Gasteiger partial charge in [-0.1, -0.05) is 50.5 Å². The first-order valence-electron chi connectivity index (χ1n) is 7.86. The van der Waals surface area contributed by atoms with Crippen LogP contribution in [0.4, 0.5) is 0 Å². The molecule has 1 aromatic carbocycles. The first kappa shape index (κ1) is 17.6. The number of ether oxygens (including phenoxy) is 2. The summed E-state index contributed by atoms with van der Waals surface area (Å²) in [5.41, 5.74) is 6.28. The lowest BCUT2D eigenvalue weighted by molar-refractivity contribution is 0.0971. The molecule has 0 unspecified atom stereocenters. The molecule has 21 heavy (non-hydrogen) atoms. The minimum absolute atomic E-state index is 0.372. The summed E-state index contributed by atoms with van der Waals surface area (Å²) in [6, 6.07) is 7.73. The molecule has 3 nitrogen and oxygen atoms in total. The van der Waals surface area contributed by atoms with Crippen LogP contribution in [0.15, 0.2) is 24.3 Å². The summed E-state index contributed by atoms with van der Waals surface area (Å²) in [6.07, 6.45) is 6.32. The molecule has 0 saturated heterocycles. The van der Waals surface area contributed by atoms with E-state index in [-0.39, 0.29) is 0 Å². The lowest BCUT2D eigenvalue weighted by Gasteiger charge is -2.07. The molecule has 0 aliphatic carbocycles. The van der Waals surface area contributed by atoms with Crippen LogP contribution in [-0.4, -0.2) is 26.4 Å². The molecule has 0 amide bonds. The zero-order chi connectivity index (χ0) is 15.2. The van der Waals surface area contributed by atoms with Crippen LogP contribution in [0.5, 0.6) is 5.75 Å². The molecule has 0 fully saturated rings. The second kappa shape index (κ2) is 12.3. The molecule has 2 N–H and O–H groups in total. The van der Waals surface area contributed by atoms with Crippen molar-refractivity contribution in [1.29, 1.82) is 0 Å². The Bertz CT molecular complexity index is 434. The highest BCUT2D eigenvalue weighted by Gasteiger charge is 1.96. The lowest BCUT2D eigenvalue weighted by atomic mass is 10.2. The summed E-state index contributed by atoms with van der Waals surface area (Å²) >= 11 is 0. The van der Waals surface area contributed by atoms with Crippen LogP contribution in [0.2, 0.25) is 0 Å². The van der Waals surface area contributed by atoms with Crippen LogP contribution in [0.3, 0.4) is 0 Å². The smallest absolute Gasteiger partial charge is 0.120 e. The molecule has 116 valence electrons. The van der Waals surface area contributed by atoms with Gasteiger partial charge in [-0.3, -0.25) is 0 Å². The summed E-state index contributed by atoms with van der Waals surface area (Å²) in [7, 11) is 0. The SMILES string of the molecule is CCCCCCCOCCOc1cccc(C#CCN)c1. The summed E-state index contributed by atoms with van der Waals surface area (Å²) in [5.74, 6) is 6.65. The molecule has 0 radical (unpaired) electrons. The molecule has 1 aromatic rings. The van der Waals surface area contributed by atoms with Crippen LogP contribution in [0, 0.1) is 11.8 Å². The highest BCUT2D eigenvalue weighted by Crippen LogP contribution is 2.12. The Morgan fingerprint density at radius 3 is 2.71 bits per heavy atom. The Balaban J connectivity index is 2.10. The Morgan fingerprint density at radius 2 is 1.90 bits per heavy atom. The summed E-state index contributed by atoms with van der Waals surface area (Å²) in [4.78, 5) is 0. The Kier molecular flexibility index (Phi) is 10.2. The molecule has 0 aromatic heterocycles. The number of nitrogens with two attached hydrogens (primary N) is 1. The van der Waals surface area contributed by atoms with E-state index in [2.05, 4.69) is 18.8 Å². The molecular weight excluding hydrogens is 262 g/mol. The van der Waals surface area contributed by atoms with Crippen molar-refractivity contribution in [3.8, 4) is 17.6 Å². The molecular formula is C18H27NO2. The van der Waals surface area contributed by atoms with Gasteiger partial charge in [0.2, 0.25) is 0 Å². The maximum absolute atomic E-state index is 5.65. The van der Waals surface area contributed by atoms with E-state index in [1.165, 1.54) is 25.7 Å². The molecule has 3 heteroatoms. The maximum Gasteiger partial charge on any atom is 0.120 e. The number of hydrogen-bond donors (Lipinski definition) is 1. The zero-order valence-corrected chi connectivity index (χ0v) is 13.1. The molecule has 0 spiro atoms. The normalized spacial score (nSPS) is 10.0. The van der Waals surface area contributed by atoms with E-state index in [4.69, 9.17) is 15.2 Å². The van der Waals surface area contributed by atoms with Gasteiger partial charge < -0.3 is 15.2 Å².